The van der Waals surface area contributed by atoms with Gasteiger partial charge in [0, 0.05) is 11.4 Å². The summed E-state index contributed by atoms with van der Waals surface area (Å²) < 4.78 is 6.83. The lowest BCUT2D eigenvalue weighted by Crippen LogP contribution is -2.66. The molecule has 0 amide bonds. The molecule has 0 unspecified atom stereocenters. The predicted octanol–water partition coefficient (Wildman–Crippen LogP) is 5.53. The quantitative estimate of drug-likeness (QED) is 0.138. The Hall–Kier alpha value is -3.45. The molecular formula is C33H37BClNO. The highest BCUT2D eigenvalue weighted by molar-refractivity contribution is 7.16. The molecule has 0 fully saturated rings. The van der Waals surface area contributed by atoms with Crippen molar-refractivity contribution in [3.8, 4) is 17.5 Å². The predicted molar refractivity (Wildman–Crippen MR) is 162 cm³/mol. The molecule has 0 aliphatic heterocycles. The van der Waals surface area contributed by atoms with E-state index in [0.717, 1.165) is 23.1 Å². The Balaban J connectivity index is 0.000000695. The van der Waals surface area contributed by atoms with Gasteiger partial charge in [-0.2, -0.15) is 16.4 Å². The van der Waals surface area contributed by atoms with Gasteiger partial charge >= 0.3 is 0 Å². The molecule has 0 spiro atoms. The van der Waals surface area contributed by atoms with E-state index in [4.69, 9.17) is 16.3 Å². The Morgan fingerprint density at radius 2 is 1.05 bits per heavy atom. The summed E-state index contributed by atoms with van der Waals surface area (Å²) in [6, 6.07) is 39.4. The summed E-state index contributed by atoms with van der Waals surface area (Å²) in [5.41, 5.74) is 3.69. The van der Waals surface area contributed by atoms with Gasteiger partial charge in [0.15, 0.2) is 0 Å². The normalized spacial score (nSPS) is 10.9. The Kier molecular flexibility index (Phi) is 10.5. The molecular weight excluding hydrogens is 473 g/mol. The van der Waals surface area contributed by atoms with Gasteiger partial charge in [-0.3, -0.25) is 5.82 Å². The van der Waals surface area contributed by atoms with Crippen LogP contribution in [-0.2, 0) is 0 Å². The van der Waals surface area contributed by atoms with Gasteiger partial charge in [0.2, 0.25) is 0 Å². The van der Waals surface area contributed by atoms with Crippen LogP contribution in [-0.4, -0.2) is 45.4 Å². The SMILES string of the molecule is C[N+](C)(C)C.Clc1ccc(OCCCC#C[B-](c2ccccc2)(c2ccccc2)c2ccccc2)cc1. The second-order valence-corrected chi connectivity index (χ2v) is 10.9. The number of hydrogen-bond acceptors (Lipinski definition) is 1. The van der Waals surface area contributed by atoms with Gasteiger partial charge in [0.1, 0.15) is 11.9 Å². The van der Waals surface area contributed by atoms with Crippen LogP contribution in [0.25, 0.3) is 0 Å². The second kappa shape index (κ2) is 13.7. The molecule has 4 aromatic rings. The van der Waals surface area contributed by atoms with Crippen molar-refractivity contribution in [2.75, 3.05) is 34.8 Å². The van der Waals surface area contributed by atoms with E-state index in [2.05, 4.69) is 131 Å². The first-order valence-corrected chi connectivity index (χ1v) is 13.2. The van der Waals surface area contributed by atoms with E-state index >= 15 is 0 Å². The van der Waals surface area contributed by atoms with Crippen LogP contribution in [0.1, 0.15) is 12.8 Å². The Bertz CT molecular complexity index is 1160. The smallest absolute Gasteiger partial charge is 0.149 e. The maximum absolute atomic E-state index is 5.94. The zero-order chi connectivity index (χ0) is 26.6. The average molecular weight is 510 g/mol. The Morgan fingerprint density at radius 1 is 0.649 bits per heavy atom. The summed E-state index contributed by atoms with van der Waals surface area (Å²) >= 11 is 5.94. The van der Waals surface area contributed by atoms with Gasteiger partial charge in [-0.25, -0.2) is 0 Å². The minimum absolute atomic E-state index is 0.623. The van der Waals surface area contributed by atoms with Crippen LogP contribution in [0.5, 0.6) is 5.75 Å². The minimum Gasteiger partial charge on any atom is -0.494 e. The standard InChI is InChI=1S/C29H25BClO.C4H12N/c31-28-19-21-29(22-20-28)32-24-12-4-11-23-30(25-13-5-1-6-14-25,26-15-7-2-8-16-26)27-17-9-3-10-18-27;1-5(2,3)4/h1-3,5-10,13-22H,4,12,24H2;1-4H3/q-1;+1. The van der Waals surface area contributed by atoms with E-state index in [9.17, 15) is 0 Å². The number of rotatable bonds is 7. The molecule has 0 aliphatic rings. The van der Waals surface area contributed by atoms with Gasteiger partial charge < -0.3 is 9.22 Å². The van der Waals surface area contributed by atoms with Crippen molar-refractivity contribution in [2.24, 2.45) is 0 Å². The van der Waals surface area contributed by atoms with Crippen LogP contribution in [0.3, 0.4) is 0 Å². The fourth-order valence-electron chi connectivity index (χ4n) is 4.16. The van der Waals surface area contributed by atoms with E-state index in [-0.39, 0.29) is 0 Å². The number of nitrogens with zero attached hydrogens (tertiary/aromatic N) is 1. The van der Waals surface area contributed by atoms with Gasteiger partial charge in [-0.15, -0.1) is 5.92 Å². The van der Waals surface area contributed by atoms with Crippen LogP contribution in [0, 0.1) is 11.7 Å². The summed E-state index contributed by atoms with van der Waals surface area (Å²) in [5.74, 6) is 8.05. The number of quaternary nitrogens is 1. The van der Waals surface area contributed by atoms with Crippen LogP contribution < -0.4 is 21.1 Å². The maximum atomic E-state index is 5.94. The molecule has 0 bridgehead atoms. The zero-order valence-corrected chi connectivity index (χ0v) is 23.2. The van der Waals surface area contributed by atoms with E-state index in [1.807, 2.05) is 24.3 Å². The number of ether oxygens (including phenoxy) is 1. The van der Waals surface area contributed by atoms with Crippen LogP contribution in [0.4, 0.5) is 0 Å². The molecule has 4 heteroatoms. The number of halogens is 1. The first-order valence-electron chi connectivity index (χ1n) is 12.8. The molecule has 37 heavy (non-hydrogen) atoms. The summed E-state index contributed by atoms with van der Waals surface area (Å²) in [5, 5.41) is 0.713. The topological polar surface area (TPSA) is 9.23 Å². The van der Waals surface area contributed by atoms with Gasteiger partial charge in [0.25, 0.3) is 0 Å². The molecule has 0 radical (unpaired) electrons. The third-order valence-corrected chi connectivity index (χ3v) is 6.00. The lowest BCUT2D eigenvalue weighted by Gasteiger charge is -2.38. The molecule has 0 heterocycles. The highest BCUT2D eigenvalue weighted by Gasteiger charge is 2.27. The van der Waals surface area contributed by atoms with E-state index in [0.29, 0.717) is 11.6 Å². The van der Waals surface area contributed by atoms with Crippen molar-refractivity contribution < 1.29 is 9.22 Å². The molecule has 4 rings (SSSR count). The van der Waals surface area contributed by atoms with Gasteiger partial charge in [0.05, 0.1) is 34.8 Å². The fourth-order valence-corrected chi connectivity index (χ4v) is 4.29. The van der Waals surface area contributed by atoms with Gasteiger partial charge in [-0.05, 0) is 30.7 Å². The summed E-state index contributed by atoms with van der Waals surface area (Å²) in [6.07, 6.45) is 0.227. The van der Waals surface area contributed by atoms with Crippen molar-refractivity contribution in [3.63, 3.8) is 0 Å². The molecule has 190 valence electrons. The number of unbranched alkanes of at least 4 members (excludes halogenated alkanes) is 1. The maximum Gasteiger partial charge on any atom is 0.149 e. The second-order valence-electron chi connectivity index (χ2n) is 10.5. The van der Waals surface area contributed by atoms with Crippen molar-refractivity contribution in [1.29, 1.82) is 0 Å². The fraction of sp³-hybridized carbons (Fsp3) is 0.212. The lowest BCUT2D eigenvalue weighted by atomic mass is 9.16. The molecule has 0 saturated carbocycles. The largest absolute Gasteiger partial charge is 0.494 e. The van der Waals surface area contributed by atoms with Crippen LogP contribution in [0.15, 0.2) is 115 Å². The van der Waals surface area contributed by atoms with E-state index in [1.165, 1.54) is 16.4 Å². The molecule has 0 aromatic heterocycles. The van der Waals surface area contributed by atoms with Crippen molar-refractivity contribution in [3.05, 3.63) is 120 Å². The third kappa shape index (κ3) is 8.86. The molecule has 4 aromatic carbocycles. The molecule has 0 N–H and O–H groups in total. The average Bonchev–Trinajstić information content (AvgIpc) is 2.90. The number of benzene rings is 4. The van der Waals surface area contributed by atoms with E-state index in [1.54, 1.807) is 0 Å². The molecule has 0 aliphatic carbocycles. The molecule has 2 nitrogen and oxygen atoms in total. The Labute approximate surface area is 228 Å². The summed E-state index contributed by atoms with van der Waals surface area (Å²) in [7, 11) is 8.50. The van der Waals surface area contributed by atoms with Crippen LogP contribution >= 0.6 is 11.6 Å². The van der Waals surface area contributed by atoms with Gasteiger partial charge in [-0.1, -0.05) is 103 Å². The lowest BCUT2D eigenvalue weighted by molar-refractivity contribution is -0.849. The highest BCUT2D eigenvalue weighted by atomic mass is 35.5. The summed E-state index contributed by atoms with van der Waals surface area (Å²) in [6.45, 7) is 0.623. The van der Waals surface area contributed by atoms with Crippen molar-refractivity contribution in [1.82, 2.24) is 0 Å². The summed E-state index contributed by atoms with van der Waals surface area (Å²) in [4.78, 5) is 0. The first-order chi connectivity index (χ1) is 17.8. The zero-order valence-electron chi connectivity index (χ0n) is 22.4. The first kappa shape index (κ1) is 28.1. The minimum atomic E-state index is -1.40. The Morgan fingerprint density at radius 3 is 1.46 bits per heavy atom. The molecule has 0 saturated heterocycles. The molecule has 0 atom stereocenters. The van der Waals surface area contributed by atoms with E-state index < -0.39 is 6.15 Å². The monoisotopic (exact) mass is 509 g/mol. The van der Waals surface area contributed by atoms with Crippen LogP contribution in [0.2, 0.25) is 5.02 Å². The van der Waals surface area contributed by atoms with Crippen molar-refractivity contribution >= 4 is 34.1 Å². The van der Waals surface area contributed by atoms with Crippen molar-refractivity contribution in [2.45, 2.75) is 12.8 Å². The highest BCUT2D eigenvalue weighted by Crippen LogP contribution is 2.15. The number of hydrogen-bond donors (Lipinski definition) is 0. The third-order valence-electron chi connectivity index (χ3n) is 5.75.